The summed E-state index contributed by atoms with van der Waals surface area (Å²) in [5.41, 5.74) is 2.35. The molecule has 30 heavy (non-hydrogen) atoms. The molecule has 3 aromatic rings. The van der Waals surface area contributed by atoms with Gasteiger partial charge in [-0.25, -0.2) is 9.78 Å². The molecular weight excluding hydrogens is 384 g/mol. The summed E-state index contributed by atoms with van der Waals surface area (Å²) in [6.45, 7) is 5.77. The highest BCUT2D eigenvalue weighted by atomic mass is 16.5. The van der Waals surface area contributed by atoms with E-state index < -0.39 is 5.97 Å². The Kier molecular flexibility index (Phi) is 6.64. The second kappa shape index (κ2) is 9.56. The van der Waals surface area contributed by atoms with Crippen molar-refractivity contribution in [3.05, 3.63) is 88.5 Å². The highest BCUT2D eigenvalue weighted by Crippen LogP contribution is 2.28. The van der Waals surface area contributed by atoms with Crippen LogP contribution < -0.4 is 15.0 Å². The zero-order chi connectivity index (χ0) is 21.5. The Balaban J connectivity index is 1.65. The quantitative estimate of drug-likeness (QED) is 0.324. The number of pyridine rings is 1. The summed E-state index contributed by atoms with van der Waals surface area (Å²) >= 11 is 0. The van der Waals surface area contributed by atoms with Gasteiger partial charge >= 0.3 is 5.97 Å². The average molecular weight is 406 g/mol. The van der Waals surface area contributed by atoms with Gasteiger partial charge < -0.3 is 14.2 Å². The summed E-state index contributed by atoms with van der Waals surface area (Å²) < 4.78 is 17.5. The van der Waals surface area contributed by atoms with E-state index in [0.717, 1.165) is 11.1 Å². The second-order valence-electron chi connectivity index (χ2n) is 6.47. The van der Waals surface area contributed by atoms with Gasteiger partial charge in [0.25, 0.3) is 5.56 Å². The van der Waals surface area contributed by atoms with Crippen LogP contribution in [-0.2, 0) is 16.1 Å². The molecule has 0 unspecified atom stereocenters. The Morgan fingerprint density at radius 1 is 1.20 bits per heavy atom. The lowest BCUT2D eigenvalue weighted by atomic mass is 10.2. The molecule has 0 saturated heterocycles. The largest absolute Gasteiger partial charge is 0.493 e. The lowest BCUT2D eigenvalue weighted by Crippen LogP contribution is -2.16. The number of methoxy groups -OCH3 is 1. The Labute approximate surface area is 173 Å². The minimum Gasteiger partial charge on any atom is -0.493 e. The molecule has 154 valence electrons. The van der Waals surface area contributed by atoms with E-state index >= 15 is 0 Å². The molecule has 0 saturated carbocycles. The number of esters is 1. The number of carbonyl (C=O) groups excluding carboxylic acids is 1. The molecule has 0 atom stereocenters. The number of hydrogen-bond acceptors (Lipinski definition) is 6. The molecule has 7 nitrogen and oxygen atoms in total. The Morgan fingerprint density at radius 2 is 2.03 bits per heavy atom. The summed E-state index contributed by atoms with van der Waals surface area (Å²) in [5, 5.41) is 0. The van der Waals surface area contributed by atoms with Gasteiger partial charge in [0, 0.05) is 18.3 Å². The molecule has 7 heteroatoms. The van der Waals surface area contributed by atoms with Crippen LogP contribution in [0.25, 0.3) is 11.7 Å². The molecular formula is C23H22N2O5. The van der Waals surface area contributed by atoms with E-state index in [0.29, 0.717) is 29.4 Å². The first kappa shape index (κ1) is 20.9. The van der Waals surface area contributed by atoms with Gasteiger partial charge in [0.05, 0.1) is 12.8 Å². The zero-order valence-corrected chi connectivity index (χ0v) is 16.8. The normalized spacial score (nSPS) is 10.9. The van der Waals surface area contributed by atoms with E-state index in [2.05, 4.69) is 11.6 Å². The smallest absolute Gasteiger partial charge is 0.331 e. The fourth-order valence-electron chi connectivity index (χ4n) is 2.75. The third-order valence-electron chi connectivity index (χ3n) is 4.18. The number of carbonyl (C=O) groups is 1. The SMILES string of the molecule is C=CCOc1ccc(/C=C/C(=O)OCc2cc(=O)n3cc(C)ccc3n2)cc1OC. The topological polar surface area (TPSA) is 79.1 Å². The summed E-state index contributed by atoms with van der Waals surface area (Å²) in [5.74, 6) is 0.580. The Hall–Kier alpha value is -3.87. The van der Waals surface area contributed by atoms with Crippen molar-refractivity contribution in [2.24, 2.45) is 0 Å². The molecule has 0 fully saturated rings. The summed E-state index contributed by atoms with van der Waals surface area (Å²) in [6.07, 6.45) is 6.26. The highest BCUT2D eigenvalue weighted by molar-refractivity contribution is 5.87. The molecule has 0 radical (unpaired) electrons. The lowest BCUT2D eigenvalue weighted by Gasteiger charge is -2.09. The fourth-order valence-corrected chi connectivity index (χ4v) is 2.75. The average Bonchev–Trinajstić information content (AvgIpc) is 2.75. The number of nitrogens with zero attached hydrogens (tertiary/aromatic N) is 2. The van der Waals surface area contributed by atoms with E-state index in [-0.39, 0.29) is 12.2 Å². The predicted octanol–water partition coefficient (Wildman–Crippen LogP) is 3.33. The van der Waals surface area contributed by atoms with E-state index in [9.17, 15) is 9.59 Å². The second-order valence-corrected chi connectivity index (χ2v) is 6.47. The van der Waals surface area contributed by atoms with Crippen molar-refractivity contribution in [1.82, 2.24) is 9.38 Å². The van der Waals surface area contributed by atoms with E-state index in [1.165, 1.54) is 23.7 Å². The molecule has 0 aliphatic heterocycles. The van der Waals surface area contributed by atoms with Crippen LogP contribution in [0.1, 0.15) is 16.8 Å². The fraction of sp³-hybridized carbons (Fsp3) is 0.174. The van der Waals surface area contributed by atoms with Crippen molar-refractivity contribution in [3.63, 3.8) is 0 Å². The minimum atomic E-state index is -0.549. The van der Waals surface area contributed by atoms with Crippen LogP contribution in [0.5, 0.6) is 11.5 Å². The molecule has 0 aliphatic carbocycles. The van der Waals surface area contributed by atoms with Crippen LogP contribution in [0.15, 0.2) is 66.1 Å². The monoisotopic (exact) mass is 406 g/mol. The highest BCUT2D eigenvalue weighted by Gasteiger charge is 2.07. The van der Waals surface area contributed by atoms with Crippen molar-refractivity contribution in [2.45, 2.75) is 13.5 Å². The van der Waals surface area contributed by atoms with Crippen LogP contribution >= 0.6 is 0 Å². The number of hydrogen-bond donors (Lipinski definition) is 0. The number of aryl methyl sites for hydroxylation is 1. The Bertz CT molecular complexity index is 1160. The maximum absolute atomic E-state index is 12.2. The third kappa shape index (κ3) is 5.14. The Morgan fingerprint density at radius 3 is 2.80 bits per heavy atom. The van der Waals surface area contributed by atoms with Crippen LogP contribution in [0.2, 0.25) is 0 Å². The van der Waals surface area contributed by atoms with Crippen LogP contribution in [-0.4, -0.2) is 29.1 Å². The number of ether oxygens (including phenoxy) is 3. The van der Waals surface area contributed by atoms with Gasteiger partial charge in [-0.1, -0.05) is 24.8 Å². The first-order valence-electron chi connectivity index (χ1n) is 9.25. The molecule has 2 heterocycles. The molecule has 0 amide bonds. The summed E-state index contributed by atoms with van der Waals surface area (Å²) in [7, 11) is 1.54. The lowest BCUT2D eigenvalue weighted by molar-refractivity contribution is -0.139. The van der Waals surface area contributed by atoms with Crippen molar-refractivity contribution in [3.8, 4) is 11.5 Å². The van der Waals surface area contributed by atoms with E-state index in [1.807, 2.05) is 13.0 Å². The van der Waals surface area contributed by atoms with Gasteiger partial charge in [-0.05, 0) is 42.3 Å². The molecule has 0 bridgehead atoms. The molecule has 0 spiro atoms. The van der Waals surface area contributed by atoms with Crippen molar-refractivity contribution < 1.29 is 19.0 Å². The maximum Gasteiger partial charge on any atom is 0.331 e. The molecule has 0 N–H and O–H groups in total. The summed E-state index contributed by atoms with van der Waals surface area (Å²) in [6, 6.07) is 10.3. The van der Waals surface area contributed by atoms with Gasteiger partial charge in [-0.3, -0.25) is 9.20 Å². The number of rotatable bonds is 8. The number of aromatic nitrogens is 2. The van der Waals surface area contributed by atoms with Gasteiger partial charge in [0.2, 0.25) is 0 Å². The zero-order valence-electron chi connectivity index (χ0n) is 16.8. The van der Waals surface area contributed by atoms with Crippen molar-refractivity contribution in [1.29, 1.82) is 0 Å². The predicted molar refractivity (Wildman–Crippen MR) is 114 cm³/mol. The van der Waals surface area contributed by atoms with Crippen LogP contribution in [0, 0.1) is 6.92 Å². The minimum absolute atomic E-state index is 0.0968. The summed E-state index contributed by atoms with van der Waals surface area (Å²) in [4.78, 5) is 28.6. The van der Waals surface area contributed by atoms with Crippen LogP contribution in [0.4, 0.5) is 0 Å². The van der Waals surface area contributed by atoms with Crippen molar-refractivity contribution in [2.75, 3.05) is 13.7 Å². The van der Waals surface area contributed by atoms with Gasteiger partial charge in [-0.15, -0.1) is 0 Å². The van der Waals surface area contributed by atoms with Gasteiger partial charge in [0.15, 0.2) is 11.5 Å². The third-order valence-corrected chi connectivity index (χ3v) is 4.18. The molecule has 3 rings (SSSR count). The van der Waals surface area contributed by atoms with E-state index in [4.69, 9.17) is 14.2 Å². The standard InChI is InChI=1S/C23H22N2O5/c1-4-11-29-19-8-6-17(12-20(19)28-3)7-10-23(27)30-15-18-13-22(26)25-14-16(2)5-9-21(25)24-18/h4-10,12-14H,1,11,15H2,2-3H3/b10-7+. The van der Waals surface area contributed by atoms with Crippen molar-refractivity contribution >= 4 is 17.7 Å². The molecule has 0 aliphatic rings. The first-order chi connectivity index (χ1) is 14.5. The van der Waals surface area contributed by atoms with Crippen LogP contribution in [0.3, 0.4) is 0 Å². The van der Waals surface area contributed by atoms with E-state index in [1.54, 1.807) is 42.6 Å². The molecule has 2 aromatic heterocycles. The van der Waals surface area contributed by atoms with Gasteiger partial charge in [0.1, 0.15) is 18.9 Å². The first-order valence-corrected chi connectivity index (χ1v) is 9.25. The number of benzene rings is 1. The maximum atomic E-state index is 12.2. The number of fused-ring (bicyclic) bond motifs is 1. The molecule has 1 aromatic carbocycles. The van der Waals surface area contributed by atoms with Gasteiger partial charge in [-0.2, -0.15) is 0 Å².